The van der Waals surface area contributed by atoms with E-state index in [2.05, 4.69) is 0 Å². The van der Waals surface area contributed by atoms with Crippen LogP contribution in [0, 0.1) is 0 Å². The number of aliphatic hydroxyl groups is 3. The van der Waals surface area contributed by atoms with Crippen LogP contribution in [-0.2, 0) is 4.79 Å². The minimum absolute atomic E-state index is 0.312. The fourth-order valence-electron chi connectivity index (χ4n) is 2.13. The number of hydrogen-bond donors (Lipinski definition) is 4. The molecule has 4 N–H and O–H groups in total. The van der Waals surface area contributed by atoms with Gasteiger partial charge in [-0.05, 0) is 44.9 Å². The van der Waals surface area contributed by atoms with E-state index in [1.54, 1.807) is 6.08 Å². The predicted octanol–water partition coefficient (Wildman–Crippen LogP) is 2.24. The maximum absolute atomic E-state index is 10.2. The smallest absolute Gasteiger partial charge is 0.327 e. The van der Waals surface area contributed by atoms with Crippen molar-refractivity contribution in [2.24, 2.45) is 0 Å². The van der Waals surface area contributed by atoms with Crippen molar-refractivity contribution in [3.05, 3.63) is 12.2 Å². The van der Waals surface area contributed by atoms with Gasteiger partial charge in [-0.2, -0.15) is 0 Å². The Morgan fingerprint density at radius 2 is 1.57 bits per heavy atom. The molecule has 5 heteroatoms. The summed E-state index contributed by atoms with van der Waals surface area (Å²) in [6, 6.07) is 0. The molecule has 0 saturated heterocycles. The van der Waals surface area contributed by atoms with Crippen LogP contribution in [0.15, 0.2) is 12.2 Å². The van der Waals surface area contributed by atoms with Gasteiger partial charge in [-0.3, -0.25) is 0 Å². The lowest BCUT2D eigenvalue weighted by Gasteiger charge is -2.18. The van der Waals surface area contributed by atoms with Gasteiger partial charge >= 0.3 is 5.97 Å². The molecule has 3 atom stereocenters. The molecule has 0 fully saturated rings. The van der Waals surface area contributed by atoms with Gasteiger partial charge in [-0.15, -0.1) is 0 Å². The molecule has 0 aromatic carbocycles. The molecular formula is C16H30O5. The van der Waals surface area contributed by atoms with E-state index in [1.807, 2.05) is 6.92 Å². The van der Waals surface area contributed by atoms with Gasteiger partial charge in [-0.25, -0.2) is 4.79 Å². The number of allylic oxidation sites excluding steroid dienone is 1. The Morgan fingerprint density at radius 1 is 0.952 bits per heavy atom. The Kier molecular flexibility index (Phi) is 12.2. The molecule has 0 aromatic heterocycles. The number of hydrogen-bond acceptors (Lipinski definition) is 4. The quantitative estimate of drug-likeness (QED) is 0.309. The van der Waals surface area contributed by atoms with Crippen LogP contribution in [0.1, 0.15) is 64.7 Å². The first-order chi connectivity index (χ1) is 9.97. The summed E-state index contributed by atoms with van der Waals surface area (Å²) in [4.78, 5) is 10.2. The molecule has 0 aliphatic heterocycles. The average Bonchev–Trinajstić information content (AvgIpc) is 2.45. The first-order valence-corrected chi connectivity index (χ1v) is 7.91. The van der Waals surface area contributed by atoms with Crippen molar-refractivity contribution < 1.29 is 25.2 Å². The van der Waals surface area contributed by atoms with Crippen LogP contribution < -0.4 is 0 Å². The summed E-state index contributed by atoms with van der Waals surface area (Å²) in [5.41, 5.74) is 0. The fraction of sp³-hybridized carbons (Fsp3) is 0.812. The molecular weight excluding hydrogens is 272 g/mol. The van der Waals surface area contributed by atoms with E-state index in [1.165, 1.54) is 0 Å². The van der Waals surface area contributed by atoms with Gasteiger partial charge < -0.3 is 20.4 Å². The Bertz CT molecular complexity index is 290. The number of unbranched alkanes of at least 4 members (excludes halogenated alkanes) is 3. The zero-order valence-corrected chi connectivity index (χ0v) is 12.9. The largest absolute Gasteiger partial charge is 0.478 e. The highest BCUT2D eigenvalue weighted by molar-refractivity contribution is 5.79. The summed E-state index contributed by atoms with van der Waals surface area (Å²) in [7, 11) is 0. The van der Waals surface area contributed by atoms with Gasteiger partial charge in [0.25, 0.3) is 0 Å². The lowest BCUT2D eigenvalue weighted by molar-refractivity contribution is -0.131. The number of carboxylic acid groups (broad SMARTS) is 1. The molecule has 0 aliphatic rings. The van der Waals surface area contributed by atoms with E-state index in [0.717, 1.165) is 38.2 Å². The van der Waals surface area contributed by atoms with Gasteiger partial charge in [0.2, 0.25) is 0 Å². The fourth-order valence-corrected chi connectivity index (χ4v) is 2.13. The molecule has 0 saturated carbocycles. The minimum atomic E-state index is -0.929. The Hall–Kier alpha value is -0.910. The molecule has 0 radical (unpaired) electrons. The summed E-state index contributed by atoms with van der Waals surface area (Å²) in [5.74, 6) is -0.929. The number of carbonyl (C=O) groups is 1. The SMILES string of the molecule is CCC(O)CCCC(O)C(O)CCCCCC=CC(=O)O. The van der Waals surface area contributed by atoms with E-state index >= 15 is 0 Å². The van der Waals surface area contributed by atoms with E-state index in [0.29, 0.717) is 25.7 Å². The first kappa shape index (κ1) is 20.1. The second-order valence-electron chi connectivity index (χ2n) is 5.51. The zero-order valence-electron chi connectivity index (χ0n) is 12.9. The van der Waals surface area contributed by atoms with Crippen LogP contribution in [0.2, 0.25) is 0 Å². The lowest BCUT2D eigenvalue weighted by Crippen LogP contribution is -2.26. The van der Waals surface area contributed by atoms with Crippen molar-refractivity contribution in [1.29, 1.82) is 0 Å². The van der Waals surface area contributed by atoms with E-state index < -0.39 is 18.2 Å². The van der Waals surface area contributed by atoms with Crippen molar-refractivity contribution in [1.82, 2.24) is 0 Å². The second kappa shape index (κ2) is 12.8. The highest BCUT2D eigenvalue weighted by Gasteiger charge is 2.15. The molecule has 0 heterocycles. The monoisotopic (exact) mass is 302 g/mol. The summed E-state index contributed by atoms with van der Waals surface area (Å²) in [5, 5.41) is 37.4. The second-order valence-corrected chi connectivity index (χ2v) is 5.51. The molecule has 0 aliphatic carbocycles. The summed E-state index contributed by atoms with van der Waals surface area (Å²) in [6.07, 6.45) is 7.52. The average molecular weight is 302 g/mol. The van der Waals surface area contributed by atoms with Gasteiger partial charge in [0, 0.05) is 6.08 Å². The third-order valence-electron chi connectivity index (χ3n) is 3.58. The van der Waals surface area contributed by atoms with Gasteiger partial charge in [0.15, 0.2) is 0 Å². The van der Waals surface area contributed by atoms with Gasteiger partial charge in [-0.1, -0.05) is 25.8 Å². The number of rotatable bonds is 13. The van der Waals surface area contributed by atoms with E-state index in [9.17, 15) is 20.1 Å². The van der Waals surface area contributed by atoms with Crippen LogP contribution in [0.4, 0.5) is 0 Å². The molecule has 0 bridgehead atoms. The van der Waals surface area contributed by atoms with Gasteiger partial charge in [0.1, 0.15) is 0 Å². The standard InChI is InChI=1S/C16H30O5/c1-2-13(17)9-8-11-15(19)14(18)10-6-4-3-5-7-12-16(20)21/h7,12-15,17-19H,2-6,8-11H2,1H3,(H,20,21). The molecule has 0 amide bonds. The lowest BCUT2D eigenvalue weighted by atomic mass is 10.00. The third-order valence-corrected chi connectivity index (χ3v) is 3.58. The molecule has 0 rings (SSSR count). The van der Waals surface area contributed by atoms with E-state index in [-0.39, 0.29) is 6.10 Å². The zero-order chi connectivity index (χ0) is 16.1. The van der Waals surface area contributed by atoms with Crippen molar-refractivity contribution in [3.63, 3.8) is 0 Å². The third kappa shape index (κ3) is 12.5. The minimum Gasteiger partial charge on any atom is -0.478 e. The molecule has 0 aromatic rings. The summed E-state index contributed by atoms with van der Waals surface area (Å²) in [6.45, 7) is 1.92. The number of aliphatic carboxylic acids is 1. The molecule has 0 spiro atoms. The predicted molar refractivity (Wildman–Crippen MR) is 82.0 cm³/mol. The Balaban J connectivity index is 3.55. The highest BCUT2D eigenvalue weighted by Crippen LogP contribution is 2.14. The van der Waals surface area contributed by atoms with Crippen molar-refractivity contribution in [3.8, 4) is 0 Å². The van der Waals surface area contributed by atoms with Crippen LogP contribution in [0.3, 0.4) is 0 Å². The van der Waals surface area contributed by atoms with E-state index in [4.69, 9.17) is 5.11 Å². The maximum atomic E-state index is 10.2. The van der Waals surface area contributed by atoms with Crippen LogP contribution in [-0.4, -0.2) is 44.7 Å². The van der Waals surface area contributed by atoms with Crippen LogP contribution in [0.5, 0.6) is 0 Å². The molecule has 3 unspecified atom stereocenters. The van der Waals surface area contributed by atoms with Crippen LogP contribution in [0.25, 0.3) is 0 Å². The Morgan fingerprint density at radius 3 is 2.14 bits per heavy atom. The molecule has 5 nitrogen and oxygen atoms in total. The van der Waals surface area contributed by atoms with Gasteiger partial charge in [0.05, 0.1) is 18.3 Å². The highest BCUT2D eigenvalue weighted by atomic mass is 16.4. The Labute approximate surface area is 127 Å². The molecule has 124 valence electrons. The van der Waals surface area contributed by atoms with Crippen molar-refractivity contribution >= 4 is 5.97 Å². The van der Waals surface area contributed by atoms with Crippen molar-refractivity contribution in [2.75, 3.05) is 0 Å². The topological polar surface area (TPSA) is 98.0 Å². The number of aliphatic hydroxyl groups excluding tert-OH is 3. The molecule has 21 heavy (non-hydrogen) atoms. The van der Waals surface area contributed by atoms with Crippen molar-refractivity contribution in [2.45, 2.75) is 83.0 Å². The first-order valence-electron chi connectivity index (χ1n) is 7.91. The summed E-state index contributed by atoms with van der Waals surface area (Å²) >= 11 is 0. The van der Waals surface area contributed by atoms with Crippen LogP contribution >= 0.6 is 0 Å². The number of carboxylic acids is 1. The maximum Gasteiger partial charge on any atom is 0.327 e. The summed E-state index contributed by atoms with van der Waals surface area (Å²) < 4.78 is 0. The normalized spacial score (nSPS) is 16.0.